The van der Waals surface area contributed by atoms with Crippen LogP contribution in [0.5, 0.6) is 0 Å². The molecule has 1 aliphatic carbocycles. The van der Waals surface area contributed by atoms with E-state index in [4.69, 9.17) is 1.37 Å². The Bertz CT molecular complexity index is 97.1. The maximum Gasteiger partial charge on any atom is 0.0600 e. The highest BCUT2D eigenvalue weighted by molar-refractivity contribution is 7.59. The summed E-state index contributed by atoms with van der Waals surface area (Å²) in [6, 6.07) is 0. The van der Waals surface area contributed by atoms with Crippen molar-refractivity contribution in [3.63, 3.8) is 0 Å². The molecule has 1 aliphatic rings. The van der Waals surface area contributed by atoms with Gasteiger partial charge in [0.05, 0.1) is 7.45 Å². The van der Waals surface area contributed by atoms with Gasteiger partial charge >= 0.3 is 0 Å². The predicted molar refractivity (Wildman–Crippen MR) is 54.4 cm³/mol. The summed E-state index contributed by atoms with van der Waals surface area (Å²) >= 11 is 0. The van der Waals surface area contributed by atoms with Crippen LogP contribution in [0.25, 0.3) is 0 Å². The molecule has 0 unspecified atom stereocenters. The summed E-state index contributed by atoms with van der Waals surface area (Å²) in [7, 11) is 0. The van der Waals surface area contributed by atoms with Crippen LogP contribution in [0.3, 0.4) is 0 Å². The molecular weight excluding hydrogens is 164 g/mol. The van der Waals surface area contributed by atoms with Gasteiger partial charge in [-0.1, -0.05) is 12.8 Å². The summed E-state index contributed by atoms with van der Waals surface area (Å²) in [6.45, 7) is 1.59. The second-order valence-electron chi connectivity index (χ2n) is 2.62. The molecule has 0 aromatic heterocycles. The molecule has 0 spiro atoms. The third-order valence-electron chi connectivity index (χ3n) is 1.95. The molecule has 0 amide bonds. The first-order valence-corrected chi connectivity index (χ1v) is 3.33. The van der Waals surface area contributed by atoms with Gasteiger partial charge in [0.1, 0.15) is 0 Å². The van der Waals surface area contributed by atoms with E-state index in [1.807, 2.05) is 0 Å². The van der Waals surface area contributed by atoms with Crippen molar-refractivity contribution in [2.24, 2.45) is 5.92 Å². The van der Waals surface area contributed by atoms with Gasteiger partial charge in [0.2, 0.25) is 0 Å². The second-order valence-corrected chi connectivity index (χ2v) is 2.62. The molecule has 10 heavy (non-hydrogen) atoms. The number of hydrogen-bond acceptors (Lipinski definition) is 1. The summed E-state index contributed by atoms with van der Waals surface area (Å²) in [5.41, 5.74) is 0. The highest BCUT2D eigenvalue weighted by Gasteiger charge is 2.18. The van der Waals surface area contributed by atoms with Gasteiger partial charge in [-0.3, -0.25) is 0 Å². The van der Waals surface area contributed by atoms with Crippen molar-refractivity contribution >= 4 is 27.0 Å². The van der Waals surface area contributed by atoms with Gasteiger partial charge in [-0.15, -0.1) is 0 Å². The predicted octanol–water partition coefficient (Wildman–Crippen LogP) is 1.78. The SMILES string of the molecule is S.S.[2H][C@](C)(O)C1CCCC1. The maximum absolute atomic E-state index is 9.18. The smallest absolute Gasteiger partial charge is 0.0600 e. The molecule has 1 fully saturated rings. The quantitative estimate of drug-likeness (QED) is 0.657. The summed E-state index contributed by atoms with van der Waals surface area (Å²) in [6.07, 6.45) is 3.29. The number of aliphatic hydroxyl groups is 1. The summed E-state index contributed by atoms with van der Waals surface area (Å²) < 4.78 is 7.28. The van der Waals surface area contributed by atoms with Crippen LogP contribution in [0, 0.1) is 5.92 Å². The standard InChI is InChI=1S/C7H14O.2H2S/c1-6(8)7-4-2-3-5-7;;/h6-8H,2-5H2,1H3;2*1H2/t6-;;/m1../s1/i6D;;. The van der Waals surface area contributed by atoms with Crippen molar-refractivity contribution in [3.05, 3.63) is 0 Å². The Morgan fingerprint density at radius 3 is 2.00 bits per heavy atom. The summed E-state index contributed by atoms with van der Waals surface area (Å²) in [5.74, 6) is 0.234. The minimum absolute atomic E-state index is 0. The van der Waals surface area contributed by atoms with Crippen LogP contribution in [-0.2, 0) is 0 Å². The molecule has 1 saturated carbocycles. The van der Waals surface area contributed by atoms with E-state index in [0.29, 0.717) is 0 Å². The van der Waals surface area contributed by atoms with Crippen LogP contribution < -0.4 is 0 Å². The van der Waals surface area contributed by atoms with Gasteiger partial charge in [0.15, 0.2) is 0 Å². The first-order valence-electron chi connectivity index (χ1n) is 3.83. The Morgan fingerprint density at radius 1 is 1.40 bits per heavy atom. The van der Waals surface area contributed by atoms with Gasteiger partial charge in [-0.2, -0.15) is 27.0 Å². The normalized spacial score (nSPS) is 25.6. The molecule has 0 bridgehead atoms. The Balaban J connectivity index is 0. The van der Waals surface area contributed by atoms with E-state index in [-0.39, 0.29) is 32.9 Å². The first kappa shape index (κ1) is 10.7. The van der Waals surface area contributed by atoms with E-state index in [2.05, 4.69) is 0 Å². The molecule has 64 valence electrons. The Hall–Kier alpha value is 0.660. The van der Waals surface area contributed by atoms with Crippen molar-refractivity contribution < 1.29 is 6.48 Å². The van der Waals surface area contributed by atoms with E-state index in [1.165, 1.54) is 12.8 Å². The van der Waals surface area contributed by atoms with Gasteiger partial charge in [-0.05, 0) is 25.7 Å². The topological polar surface area (TPSA) is 20.2 Å². The van der Waals surface area contributed by atoms with E-state index in [0.717, 1.165) is 12.8 Å². The van der Waals surface area contributed by atoms with E-state index >= 15 is 0 Å². The fourth-order valence-electron chi connectivity index (χ4n) is 1.34. The van der Waals surface area contributed by atoms with Crippen molar-refractivity contribution in [2.45, 2.75) is 38.7 Å². The van der Waals surface area contributed by atoms with Gasteiger partial charge in [-0.25, -0.2) is 0 Å². The average molecular weight is 183 g/mol. The van der Waals surface area contributed by atoms with Crippen molar-refractivity contribution in [1.29, 1.82) is 0 Å². The van der Waals surface area contributed by atoms with Crippen molar-refractivity contribution in [2.75, 3.05) is 0 Å². The molecule has 0 aromatic rings. The lowest BCUT2D eigenvalue weighted by atomic mass is 10.0. The Morgan fingerprint density at radius 2 is 1.80 bits per heavy atom. The molecule has 1 N–H and O–H groups in total. The molecule has 0 saturated heterocycles. The largest absolute Gasteiger partial charge is 0.393 e. The minimum atomic E-state index is -1.17. The molecule has 1 nitrogen and oxygen atoms in total. The zero-order valence-corrected chi connectivity index (χ0v) is 8.35. The molecule has 0 heterocycles. The molecule has 1 rings (SSSR count). The highest BCUT2D eigenvalue weighted by atomic mass is 32.1. The lowest BCUT2D eigenvalue weighted by Crippen LogP contribution is -2.11. The summed E-state index contributed by atoms with van der Waals surface area (Å²) in [5, 5.41) is 9.18. The zero-order chi connectivity index (χ0) is 6.91. The summed E-state index contributed by atoms with van der Waals surface area (Å²) in [4.78, 5) is 0. The molecule has 0 aliphatic heterocycles. The molecule has 3 heteroatoms. The lowest BCUT2D eigenvalue weighted by Gasteiger charge is -2.10. The van der Waals surface area contributed by atoms with E-state index in [9.17, 15) is 5.11 Å². The van der Waals surface area contributed by atoms with Crippen molar-refractivity contribution in [3.8, 4) is 0 Å². The van der Waals surface area contributed by atoms with Crippen LogP contribution in [0.15, 0.2) is 0 Å². The first-order chi connectivity index (χ1) is 4.11. The third-order valence-corrected chi connectivity index (χ3v) is 1.95. The fourth-order valence-corrected chi connectivity index (χ4v) is 1.34. The van der Waals surface area contributed by atoms with Crippen LogP contribution in [0.4, 0.5) is 0 Å². The van der Waals surface area contributed by atoms with Crippen LogP contribution in [-0.4, -0.2) is 11.2 Å². The maximum atomic E-state index is 9.18. The minimum Gasteiger partial charge on any atom is -0.393 e. The lowest BCUT2D eigenvalue weighted by molar-refractivity contribution is 0.129. The molecular formula is C7H18OS2. The van der Waals surface area contributed by atoms with Crippen LogP contribution in [0.2, 0.25) is 0 Å². The van der Waals surface area contributed by atoms with Crippen LogP contribution in [0.1, 0.15) is 34.0 Å². The van der Waals surface area contributed by atoms with Gasteiger partial charge in [0, 0.05) is 0 Å². The van der Waals surface area contributed by atoms with Crippen LogP contribution >= 0.6 is 27.0 Å². The average Bonchev–Trinajstić information content (AvgIpc) is 2.08. The number of hydrogen-bond donors (Lipinski definition) is 1. The van der Waals surface area contributed by atoms with Gasteiger partial charge < -0.3 is 5.11 Å². The highest BCUT2D eigenvalue weighted by Crippen LogP contribution is 2.26. The Kier molecular flexibility index (Phi) is 6.80. The van der Waals surface area contributed by atoms with E-state index in [1.54, 1.807) is 6.92 Å². The third kappa shape index (κ3) is 3.74. The second kappa shape index (κ2) is 6.38. The molecule has 0 aromatic carbocycles. The zero-order valence-electron chi connectivity index (χ0n) is 7.35. The fraction of sp³-hybridized carbons (Fsp3) is 1.00. The van der Waals surface area contributed by atoms with E-state index < -0.39 is 6.08 Å². The monoisotopic (exact) mass is 183 g/mol. The van der Waals surface area contributed by atoms with Gasteiger partial charge in [0.25, 0.3) is 0 Å². The molecule has 1 atom stereocenters. The Labute approximate surface area is 78.5 Å². The molecule has 0 radical (unpaired) electrons. The van der Waals surface area contributed by atoms with Crippen molar-refractivity contribution in [1.82, 2.24) is 0 Å². The number of rotatable bonds is 1.